The van der Waals surface area contributed by atoms with Gasteiger partial charge < -0.3 is 14.0 Å². The van der Waals surface area contributed by atoms with Crippen LogP contribution in [0.3, 0.4) is 0 Å². The first kappa shape index (κ1) is 14.7. The lowest BCUT2D eigenvalue weighted by Gasteiger charge is -2.41. The largest absolute Gasteiger partial charge is 0.381 e. The van der Waals surface area contributed by atoms with Crippen molar-refractivity contribution in [1.29, 1.82) is 0 Å². The number of hydrogen-bond acceptors (Lipinski definition) is 3. The molecule has 3 fully saturated rings. The van der Waals surface area contributed by atoms with E-state index in [4.69, 9.17) is 9.47 Å². The Morgan fingerprint density at radius 3 is 2.55 bits per heavy atom. The molecule has 4 heteroatoms. The molecular weight excluding hydrogens is 276 g/mol. The molecule has 0 N–H and O–H groups in total. The van der Waals surface area contributed by atoms with Crippen LogP contribution in [0.1, 0.15) is 25.7 Å². The molecule has 4 nitrogen and oxygen atoms in total. The second kappa shape index (κ2) is 6.73. The van der Waals surface area contributed by atoms with Crippen LogP contribution in [0.15, 0.2) is 24.5 Å². The Morgan fingerprint density at radius 2 is 1.73 bits per heavy atom. The molecule has 0 bridgehead atoms. The van der Waals surface area contributed by atoms with Crippen LogP contribution >= 0.6 is 0 Å². The lowest BCUT2D eigenvalue weighted by molar-refractivity contribution is -0.0834. The van der Waals surface area contributed by atoms with E-state index in [1.54, 1.807) is 0 Å². The standard InChI is InChI=1S/C18H28N2O2/c1-2-8-19(7-1)14-16-3-4-17-18(16)22-12-9-20(17)13-15-5-10-21-11-6-15/h1-2,7-8,15-18H,3-6,9-14H2. The van der Waals surface area contributed by atoms with E-state index in [0.29, 0.717) is 18.1 Å². The fraction of sp³-hybridized carbons (Fsp3) is 0.778. The van der Waals surface area contributed by atoms with Crippen LogP contribution < -0.4 is 0 Å². The van der Waals surface area contributed by atoms with E-state index in [1.807, 2.05) is 0 Å². The van der Waals surface area contributed by atoms with Crippen LogP contribution in [0.25, 0.3) is 0 Å². The molecule has 3 atom stereocenters. The fourth-order valence-electron chi connectivity index (χ4n) is 4.58. The van der Waals surface area contributed by atoms with Gasteiger partial charge in [-0.1, -0.05) is 0 Å². The molecule has 0 amide bonds. The Kier molecular flexibility index (Phi) is 4.51. The van der Waals surface area contributed by atoms with E-state index in [0.717, 1.165) is 38.8 Å². The first-order chi connectivity index (χ1) is 10.9. The van der Waals surface area contributed by atoms with Gasteiger partial charge in [0, 0.05) is 57.2 Å². The van der Waals surface area contributed by atoms with E-state index in [-0.39, 0.29) is 0 Å². The van der Waals surface area contributed by atoms with Gasteiger partial charge in [0.2, 0.25) is 0 Å². The van der Waals surface area contributed by atoms with Crippen molar-refractivity contribution in [2.75, 3.05) is 32.9 Å². The highest BCUT2D eigenvalue weighted by Crippen LogP contribution is 2.36. The number of morpholine rings is 1. The van der Waals surface area contributed by atoms with Gasteiger partial charge in [0.25, 0.3) is 0 Å². The molecule has 0 aromatic carbocycles. The van der Waals surface area contributed by atoms with Gasteiger partial charge in [0.1, 0.15) is 0 Å². The average molecular weight is 304 g/mol. The minimum absolute atomic E-state index is 0.441. The Morgan fingerprint density at radius 1 is 0.909 bits per heavy atom. The predicted octanol–water partition coefficient (Wildman–Crippen LogP) is 2.39. The van der Waals surface area contributed by atoms with Crippen molar-refractivity contribution in [2.24, 2.45) is 11.8 Å². The molecule has 1 aromatic heterocycles. The number of ether oxygens (including phenoxy) is 2. The van der Waals surface area contributed by atoms with Crippen molar-refractivity contribution in [3.63, 3.8) is 0 Å². The number of nitrogens with zero attached hydrogens (tertiary/aromatic N) is 2. The minimum Gasteiger partial charge on any atom is -0.381 e. The van der Waals surface area contributed by atoms with Crippen LogP contribution in [0, 0.1) is 11.8 Å². The van der Waals surface area contributed by atoms with E-state index in [1.165, 1.54) is 32.2 Å². The molecule has 0 spiro atoms. The van der Waals surface area contributed by atoms with Gasteiger partial charge in [-0.15, -0.1) is 0 Å². The normalized spacial score (nSPS) is 33.9. The van der Waals surface area contributed by atoms with Gasteiger partial charge in [0.15, 0.2) is 0 Å². The monoisotopic (exact) mass is 304 g/mol. The zero-order chi connectivity index (χ0) is 14.8. The molecule has 3 heterocycles. The molecular formula is C18H28N2O2. The van der Waals surface area contributed by atoms with E-state index >= 15 is 0 Å². The Bertz CT molecular complexity index is 456. The number of aromatic nitrogens is 1. The summed E-state index contributed by atoms with van der Waals surface area (Å²) in [5.74, 6) is 1.51. The lowest BCUT2D eigenvalue weighted by Crippen LogP contribution is -2.52. The maximum absolute atomic E-state index is 6.20. The Balaban J connectivity index is 1.37. The molecule has 2 saturated heterocycles. The summed E-state index contributed by atoms with van der Waals surface area (Å²) < 4.78 is 14.0. The summed E-state index contributed by atoms with van der Waals surface area (Å²) >= 11 is 0. The zero-order valence-electron chi connectivity index (χ0n) is 13.4. The van der Waals surface area contributed by atoms with Gasteiger partial charge in [0.05, 0.1) is 12.7 Å². The predicted molar refractivity (Wildman–Crippen MR) is 85.8 cm³/mol. The first-order valence-corrected chi connectivity index (χ1v) is 8.94. The van der Waals surface area contributed by atoms with Crippen molar-refractivity contribution >= 4 is 0 Å². The summed E-state index contributed by atoms with van der Waals surface area (Å²) in [5.41, 5.74) is 0. The molecule has 3 unspecified atom stereocenters. The number of hydrogen-bond donors (Lipinski definition) is 0. The molecule has 1 aliphatic carbocycles. The highest BCUT2D eigenvalue weighted by molar-refractivity contribution is 4.97. The smallest absolute Gasteiger partial charge is 0.0775 e. The van der Waals surface area contributed by atoms with E-state index < -0.39 is 0 Å². The third kappa shape index (κ3) is 3.10. The third-order valence-electron chi connectivity index (χ3n) is 5.78. The van der Waals surface area contributed by atoms with Crippen LogP contribution in [-0.4, -0.2) is 54.5 Å². The summed E-state index contributed by atoms with van der Waals surface area (Å²) in [6, 6.07) is 4.88. The summed E-state index contributed by atoms with van der Waals surface area (Å²) in [5, 5.41) is 0. The molecule has 1 aromatic rings. The summed E-state index contributed by atoms with van der Waals surface area (Å²) in [7, 11) is 0. The Labute approximate surface area is 133 Å². The van der Waals surface area contributed by atoms with Gasteiger partial charge in [-0.05, 0) is 43.7 Å². The van der Waals surface area contributed by atoms with E-state index in [2.05, 4.69) is 34.0 Å². The van der Waals surface area contributed by atoms with Gasteiger partial charge in [-0.3, -0.25) is 4.90 Å². The van der Waals surface area contributed by atoms with Crippen molar-refractivity contribution < 1.29 is 9.47 Å². The van der Waals surface area contributed by atoms with Gasteiger partial charge in [-0.2, -0.15) is 0 Å². The average Bonchev–Trinajstić information content (AvgIpc) is 3.20. The molecule has 1 saturated carbocycles. The number of rotatable bonds is 4. The fourth-order valence-corrected chi connectivity index (χ4v) is 4.58. The molecule has 4 rings (SSSR count). The third-order valence-corrected chi connectivity index (χ3v) is 5.78. The van der Waals surface area contributed by atoms with Gasteiger partial charge in [-0.25, -0.2) is 0 Å². The van der Waals surface area contributed by atoms with Crippen LogP contribution in [-0.2, 0) is 16.0 Å². The second-order valence-electron chi connectivity index (χ2n) is 7.17. The van der Waals surface area contributed by atoms with Crippen LogP contribution in [0.5, 0.6) is 0 Å². The maximum Gasteiger partial charge on any atom is 0.0775 e. The van der Waals surface area contributed by atoms with Gasteiger partial charge >= 0.3 is 0 Å². The zero-order valence-corrected chi connectivity index (χ0v) is 13.4. The van der Waals surface area contributed by atoms with E-state index in [9.17, 15) is 0 Å². The van der Waals surface area contributed by atoms with Crippen molar-refractivity contribution in [2.45, 2.75) is 44.4 Å². The molecule has 3 aliphatic rings. The van der Waals surface area contributed by atoms with Crippen molar-refractivity contribution in [3.05, 3.63) is 24.5 Å². The molecule has 2 aliphatic heterocycles. The Hall–Kier alpha value is -0.840. The maximum atomic E-state index is 6.20. The van der Waals surface area contributed by atoms with Crippen LogP contribution in [0.2, 0.25) is 0 Å². The summed E-state index contributed by atoms with van der Waals surface area (Å²) in [4.78, 5) is 2.74. The van der Waals surface area contributed by atoms with Crippen molar-refractivity contribution in [3.8, 4) is 0 Å². The lowest BCUT2D eigenvalue weighted by atomic mass is 9.97. The quantitative estimate of drug-likeness (QED) is 0.854. The topological polar surface area (TPSA) is 26.6 Å². The van der Waals surface area contributed by atoms with Crippen LogP contribution in [0.4, 0.5) is 0 Å². The number of fused-ring (bicyclic) bond motifs is 1. The molecule has 122 valence electrons. The van der Waals surface area contributed by atoms with Crippen molar-refractivity contribution in [1.82, 2.24) is 9.47 Å². The highest BCUT2D eigenvalue weighted by Gasteiger charge is 2.42. The molecule has 22 heavy (non-hydrogen) atoms. The second-order valence-corrected chi connectivity index (χ2v) is 7.17. The highest BCUT2D eigenvalue weighted by atomic mass is 16.5. The molecule has 0 radical (unpaired) electrons. The first-order valence-electron chi connectivity index (χ1n) is 8.94. The summed E-state index contributed by atoms with van der Waals surface area (Å²) in [6.07, 6.45) is 9.88. The minimum atomic E-state index is 0.441. The SMILES string of the molecule is c1ccn(CC2CCC3C2OCCN3CC2CCOCC2)c1. The summed E-state index contributed by atoms with van der Waals surface area (Å²) in [6.45, 7) is 6.31.